The van der Waals surface area contributed by atoms with Gasteiger partial charge in [-0.25, -0.2) is 8.42 Å². The SMILES string of the molecule is COc1ccc(Cl)cc1C(=O)C1CCCCS1(=O)=O. The van der Waals surface area contributed by atoms with Crippen LogP contribution in [0.2, 0.25) is 5.02 Å². The highest BCUT2D eigenvalue weighted by Gasteiger charge is 2.36. The van der Waals surface area contributed by atoms with Crippen LogP contribution in [0.3, 0.4) is 0 Å². The summed E-state index contributed by atoms with van der Waals surface area (Å²) in [4.78, 5) is 12.4. The van der Waals surface area contributed by atoms with Gasteiger partial charge in [0.15, 0.2) is 15.6 Å². The Morgan fingerprint density at radius 3 is 2.74 bits per heavy atom. The van der Waals surface area contributed by atoms with Crippen LogP contribution in [0, 0.1) is 0 Å². The Bertz CT molecular complexity index is 595. The number of carbonyl (C=O) groups excluding carboxylic acids is 1. The Hall–Kier alpha value is -1.07. The highest BCUT2D eigenvalue weighted by atomic mass is 35.5. The molecule has 0 radical (unpaired) electrons. The lowest BCUT2D eigenvalue weighted by Crippen LogP contribution is -2.35. The number of hydrogen-bond acceptors (Lipinski definition) is 4. The van der Waals surface area contributed by atoms with Crippen molar-refractivity contribution < 1.29 is 17.9 Å². The summed E-state index contributed by atoms with van der Waals surface area (Å²) in [7, 11) is -1.92. The molecule has 0 spiro atoms. The van der Waals surface area contributed by atoms with Crippen molar-refractivity contribution in [1.29, 1.82) is 0 Å². The van der Waals surface area contributed by atoms with E-state index in [-0.39, 0.29) is 11.3 Å². The van der Waals surface area contributed by atoms with Crippen LogP contribution in [0.1, 0.15) is 29.6 Å². The molecule has 0 amide bonds. The van der Waals surface area contributed by atoms with Gasteiger partial charge in [0, 0.05) is 5.02 Å². The first-order valence-corrected chi connectivity index (χ1v) is 8.14. The van der Waals surface area contributed by atoms with E-state index in [1.165, 1.54) is 13.2 Å². The van der Waals surface area contributed by atoms with Crippen molar-refractivity contribution in [2.45, 2.75) is 24.5 Å². The van der Waals surface area contributed by atoms with Crippen molar-refractivity contribution in [1.82, 2.24) is 0 Å². The molecule has 1 aliphatic heterocycles. The van der Waals surface area contributed by atoms with E-state index >= 15 is 0 Å². The van der Waals surface area contributed by atoms with Gasteiger partial charge in [0.1, 0.15) is 11.0 Å². The maximum Gasteiger partial charge on any atom is 0.184 e. The Balaban J connectivity index is 2.41. The van der Waals surface area contributed by atoms with Gasteiger partial charge in [-0.15, -0.1) is 0 Å². The molecule has 0 bridgehead atoms. The van der Waals surface area contributed by atoms with Crippen LogP contribution in [-0.2, 0) is 9.84 Å². The lowest BCUT2D eigenvalue weighted by molar-refractivity contribution is 0.0978. The molecule has 1 unspecified atom stereocenters. The maximum absolute atomic E-state index is 12.4. The van der Waals surface area contributed by atoms with Crippen molar-refractivity contribution in [2.24, 2.45) is 0 Å². The van der Waals surface area contributed by atoms with E-state index < -0.39 is 20.9 Å². The van der Waals surface area contributed by atoms with Crippen LogP contribution in [-0.4, -0.2) is 32.3 Å². The number of methoxy groups -OCH3 is 1. The largest absolute Gasteiger partial charge is 0.496 e. The molecule has 19 heavy (non-hydrogen) atoms. The number of halogens is 1. The highest BCUT2D eigenvalue weighted by molar-refractivity contribution is 7.92. The molecule has 1 saturated heterocycles. The van der Waals surface area contributed by atoms with Crippen LogP contribution in [0.4, 0.5) is 0 Å². The number of ketones is 1. The molecule has 6 heteroatoms. The number of hydrogen-bond donors (Lipinski definition) is 0. The third kappa shape index (κ3) is 2.92. The molecule has 2 rings (SSSR count). The number of ether oxygens (including phenoxy) is 1. The molecule has 0 aromatic heterocycles. The summed E-state index contributed by atoms with van der Waals surface area (Å²) >= 11 is 5.87. The number of Topliss-reactive ketones (excluding diaryl/α,β-unsaturated/α-hetero) is 1. The van der Waals surface area contributed by atoms with Gasteiger partial charge in [0.2, 0.25) is 0 Å². The number of sulfone groups is 1. The van der Waals surface area contributed by atoms with Gasteiger partial charge < -0.3 is 4.74 Å². The fourth-order valence-corrected chi connectivity index (χ4v) is 4.34. The second kappa shape index (κ2) is 5.51. The molecule has 1 aromatic carbocycles. The van der Waals surface area contributed by atoms with Crippen molar-refractivity contribution in [2.75, 3.05) is 12.9 Å². The van der Waals surface area contributed by atoms with Gasteiger partial charge >= 0.3 is 0 Å². The first kappa shape index (κ1) is 14.3. The molecule has 104 valence electrons. The average Bonchev–Trinajstić information content (AvgIpc) is 2.37. The zero-order valence-corrected chi connectivity index (χ0v) is 12.1. The van der Waals surface area contributed by atoms with E-state index in [9.17, 15) is 13.2 Å². The summed E-state index contributed by atoms with van der Waals surface area (Å²) < 4.78 is 29.1. The first-order chi connectivity index (χ1) is 8.95. The van der Waals surface area contributed by atoms with Crippen LogP contribution in [0.5, 0.6) is 5.75 Å². The van der Waals surface area contributed by atoms with Crippen molar-refractivity contribution in [3.8, 4) is 5.75 Å². The summed E-state index contributed by atoms with van der Waals surface area (Å²) in [5.74, 6) is 0.0148. The average molecular weight is 303 g/mol. The second-order valence-electron chi connectivity index (χ2n) is 4.56. The van der Waals surface area contributed by atoms with E-state index in [0.29, 0.717) is 23.6 Å². The normalized spacial score (nSPS) is 21.9. The monoisotopic (exact) mass is 302 g/mol. The Labute approximate surface area is 117 Å². The Morgan fingerprint density at radius 2 is 2.11 bits per heavy atom. The molecular weight excluding hydrogens is 288 g/mol. The van der Waals surface area contributed by atoms with E-state index in [1.807, 2.05) is 0 Å². The molecule has 1 atom stereocenters. The Kier molecular flexibility index (Phi) is 4.16. The third-order valence-electron chi connectivity index (χ3n) is 3.30. The van der Waals surface area contributed by atoms with Gasteiger partial charge in [-0.05, 0) is 31.0 Å². The van der Waals surface area contributed by atoms with Crippen molar-refractivity contribution in [3.63, 3.8) is 0 Å². The number of benzene rings is 1. The van der Waals surface area contributed by atoms with E-state index in [2.05, 4.69) is 0 Å². The summed E-state index contributed by atoms with van der Waals surface area (Å²) in [6.45, 7) is 0. The minimum absolute atomic E-state index is 0.0757. The fraction of sp³-hybridized carbons (Fsp3) is 0.462. The molecular formula is C13H15ClO4S. The molecule has 1 fully saturated rings. The summed E-state index contributed by atoms with van der Waals surface area (Å²) in [5, 5.41) is -0.578. The number of carbonyl (C=O) groups is 1. The standard InChI is InChI=1S/C13H15ClO4S/c1-18-11-6-5-9(14)8-10(11)13(15)12-4-2-3-7-19(12,16)17/h5-6,8,12H,2-4,7H2,1H3. The molecule has 4 nitrogen and oxygen atoms in total. The predicted octanol–water partition coefficient (Wildman–Crippen LogP) is 2.50. The van der Waals surface area contributed by atoms with Crippen LogP contribution in [0.25, 0.3) is 0 Å². The quantitative estimate of drug-likeness (QED) is 0.805. The number of rotatable bonds is 3. The van der Waals surface area contributed by atoms with Crippen LogP contribution >= 0.6 is 11.6 Å². The highest BCUT2D eigenvalue weighted by Crippen LogP contribution is 2.29. The first-order valence-electron chi connectivity index (χ1n) is 6.05. The fourth-order valence-electron chi connectivity index (χ4n) is 2.30. The Morgan fingerprint density at radius 1 is 1.37 bits per heavy atom. The second-order valence-corrected chi connectivity index (χ2v) is 7.30. The van der Waals surface area contributed by atoms with E-state index in [1.54, 1.807) is 12.1 Å². The molecule has 0 N–H and O–H groups in total. The lowest BCUT2D eigenvalue weighted by Gasteiger charge is -2.21. The molecule has 1 aliphatic rings. The topological polar surface area (TPSA) is 60.4 Å². The van der Waals surface area contributed by atoms with Gasteiger partial charge in [0.05, 0.1) is 18.4 Å². The van der Waals surface area contributed by atoms with Crippen molar-refractivity contribution in [3.05, 3.63) is 28.8 Å². The predicted molar refractivity (Wildman–Crippen MR) is 73.8 cm³/mol. The van der Waals surface area contributed by atoms with Gasteiger partial charge in [-0.2, -0.15) is 0 Å². The third-order valence-corrected chi connectivity index (χ3v) is 5.71. The minimum Gasteiger partial charge on any atom is -0.496 e. The van der Waals surface area contributed by atoms with Gasteiger partial charge in [-0.3, -0.25) is 4.79 Å². The molecule has 1 aromatic rings. The van der Waals surface area contributed by atoms with Crippen LogP contribution < -0.4 is 4.74 Å². The molecule has 0 saturated carbocycles. The maximum atomic E-state index is 12.4. The zero-order valence-electron chi connectivity index (χ0n) is 10.6. The smallest absolute Gasteiger partial charge is 0.184 e. The molecule has 0 aliphatic carbocycles. The van der Waals surface area contributed by atoms with Crippen molar-refractivity contribution >= 4 is 27.2 Å². The van der Waals surface area contributed by atoms with Crippen LogP contribution in [0.15, 0.2) is 18.2 Å². The van der Waals surface area contributed by atoms with Gasteiger partial charge in [-0.1, -0.05) is 18.0 Å². The summed E-state index contributed by atoms with van der Waals surface area (Å²) in [6, 6.07) is 4.64. The minimum atomic E-state index is -3.36. The van der Waals surface area contributed by atoms with E-state index in [0.717, 1.165) is 6.42 Å². The van der Waals surface area contributed by atoms with Gasteiger partial charge in [0.25, 0.3) is 0 Å². The summed E-state index contributed by atoms with van der Waals surface area (Å²) in [6.07, 6.45) is 1.74. The molecule has 1 heterocycles. The zero-order chi connectivity index (χ0) is 14.0. The van der Waals surface area contributed by atoms with E-state index in [4.69, 9.17) is 16.3 Å². The lowest BCUT2D eigenvalue weighted by atomic mass is 10.0. The summed E-state index contributed by atoms with van der Waals surface area (Å²) in [5.41, 5.74) is 0.241.